The summed E-state index contributed by atoms with van der Waals surface area (Å²) in [7, 11) is 0. The van der Waals surface area contributed by atoms with Gasteiger partial charge < -0.3 is 10.0 Å². The smallest absolute Gasteiger partial charge is 0.253 e. The Kier molecular flexibility index (Phi) is 4.27. The molecule has 4 heteroatoms. The quantitative estimate of drug-likeness (QED) is 0.903. The predicted molar refractivity (Wildman–Crippen MR) is 87.4 cm³/mol. The first kappa shape index (κ1) is 14.5. The van der Waals surface area contributed by atoms with E-state index in [1.165, 1.54) is 0 Å². The van der Waals surface area contributed by atoms with E-state index in [-0.39, 0.29) is 18.4 Å². The zero-order valence-corrected chi connectivity index (χ0v) is 13.3. The minimum Gasteiger partial charge on any atom is -0.396 e. The highest BCUT2D eigenvalue weighted by Crippen LogP contribution is 2.23. The Labute approximate surface area is 132 Å². The molecule has 1 amide bonds. The number of carbonyl (C=O) groups excluding carboxylic acids is 1. The highest BCUT2D eigenvalue weighted by Gasteiger charge is 2.24. The summed E-state index contributed by atoms with van der Waals surface area (Å²) < 4.78 is 1.04. The van der Waals surface area contributed by atoms with Crippen LogP contribution in [0.2, 0.25) is 0 Å². The third-order valence-electron chi connectivity index (χ3n) is 4.11. The van der Waals surface area contributed by atoms with Crippen LogP contribution in [-0.2, 0) is 0 Å². The van der Waals surface area contributed by atoms with E-state index in [4.69, 9.17) is 0 Å². The topological polar surface area (TPSA) is 40.5 Å². The Hall–Kier alpha value is -1.39. The molecule has 110 valence electrons. The average molecular weight is 348 g/mol. The molecule has 1 atom stereocenters. The molecule has 0 aliphatic carbocycles. The number of nitrogens with zero attached hydrogens (tertiary/aromatic N) is 1. The largest absolute Gasteiger partial charge is 0.396 e. The summed E-state index contributed by atoms with van der Waals surface area (Å²) in [5.41, 5.74) is 0.725. The van der Waals surface area contributed by atoms with Gasteiger partial charge in [0.25, 0.3) is 5.91 Å². The predicted octanol–water partition coefficient (Wildman–Crippen LogP) is 3.45. The van der Waals surface area contributed by atoms with E-state index in [1.807, 2.05) is 41.3 Å². The molecule has 1 fully saturated rings. The second kappa shape index (κ2) is 6.16. The van der Waals surface area contributed by atoms with Crippen molar-refractivity contribution in [3.63, 3.8) is 0 Å². The number of amides is 1. The van der Waals surface area contributed by atoms with Crippen LogP contribution in [0.25, 0.3) is 10.8 Å². The zero-order chi connectivity index (χ0) is 14.8. The molecule has 0 aromatic heterocycles. The van der Waals surface area contributed by atoms with Gasteiger partial charge in [0.2, 0.25) is 0 Å². The number of likely N-dealkylation sites (tertiary alicyclic amines) is 1. The average Bonchev–Trinajstić information content (AvgIpc) is 2.53. The van der Waals surface area contributed by atoms with Gasteiger partial charge in [0, 0.05) is 29.7 Å². The number of rotatable bonds is 2. The van der Waals surface area contributed by atoms with Crippen LogP contribution >= 0.6 is 15.9 Å². The van der Waals surface area contributed by atoms with E-state index < -0.39 is 0 Å². The second-order valence-corrected chi connectivity index (χ2v) is 6.56. The second-order valence-electron chi connectivity index (χ2n) is 5.65. The van der Waals surface area contributed by atoms with E-state index >= 15 is 0 Å². The molecule has 1 heterocycles. The van der Waals surface area contributed by atoms with Gasteiger partial charge in [0.1, 0.15) is 0 Å². The standard InChI is InChI=1S/C17H18BrNO2/c18-16-6-5-13-8-15(4-3-14(13)9-16)17(21)19-7-1-2-12(10-19)11-20/h3-6,8-9,12,20H,1-2,7,10-11H2. The van der Waals surface area contributed by atoms with Crippen LogP contribution < -0.4 is 0 Å². The van der Waals surface area contributed by atoms with Crippen LogP contribution in [0, 0.1) is 5.92 Å². The van der Waals surface area contributed by atoms with Crippen LogP contribution in [0.3, 0.4) is 0 Å². The minimum absolute atomic E-state index is 0.0676. The summed E-state index contributed by atoms with van der Waals surface area (Å²) >= 11 is 3.46. The number of halogens is 1. The van der Waals surface area contributed by atoms with Crippen LogP contribution in [-0.4, -0.2) is 35.6 Å². The molecule has 0 bridgehead atoms. The summed E-state index contributed by atoms with van der Waals surface area (Å²) in [5, 5.41) is 11.5. The fourth-order valence-corrected chi connectivity index (χ4v) is 3.31. The molecule has 1 unspecified atom stereocenters. The van der Waals surface area contributed by atoms with Crippen molar-refractivity contribution in [1.82, 2.24) is 4.90 Å². The summed E-state index contributed by atoms with van der Waals surface area (Å²) in [4.78, 5) is 14.5. The normalized spacial score (nSPS) is 19.0. The molecule has 1 saturated heterocycles. The molecule has 0 saturated carbocycles. The van der Waals surface area contributed by atoms with E-state index in [1.54, 1.807) is 0 Å². The van der Waals surface area contributed by atoms with Crippen molar-refractivity contribution in [2.24, 2.45) is 5.92 Å². The summed E-state index contributed by atoms with van der Waals surface area (Å²) in [6.07, 6.45) is 1.98. The van der Waals surface area contributed by atoms with E-state index in [9.17, 15) is 9.90 Å². The Morgan fingerprint density at radius 1 is 1.24 bits per heavy atom. The number of aliphatic hydroxyl groups excluding tert-OH is 1. The SMILES string of the molecule is O=C(c1ccc2cc(Br)ccc2c1)N1CCCC(CO)C1. The maximum atomic E-state index is 12.6. The molecule has 21 heavy (non-hydrogen) atoms. The van der Waals surface area contributed by atoms with Crippen LogP contribution in [0.15, 0.2) is 40.9 Å². The molecule has 3 nitrogen and oxygen atoms in total. The van der Waals surface area contributed by atoms with Gasteiger partial charge in [-0.2, -0.15) is 0 Å². The van der Waals surface area contributed by atoms with E-state index in [2.05, 4.69) is 15.9 Å². The van der Waals surface area contributed by atoms with Crippen molar-refractivity contribution in [2.75, 3.05) is 19.7 Å². The van der Waals surface area contributed by atoms with Crippen molar-refractivity contribution in [3.05, 3.63) is 46.4 Å². The molecular formula is C17H18BrNO2. The van der Waals surface area contributed by atoms with Crippen molar-refractivity contribution < 1.29 is 9.90 Å². The molecule has 1 aliphatic heterocycles. The van der Waals surface area contributed by atoms with Crippen molar-refractivity contribution in [1.29, 1.82) is 0 Å². The third kappa shape index (κ3) is 3.11. The summed E-state index contributed by atoms with van der Waals surface area (Å²) in [5.74, 6) is 0.289. The van der Waals surface area contributed by atoms with Gasteiger partial charge in [0.15, 0.2) is 0 Å². The molecule has 2 aromatic rings. The number of piperidine rings is 1. The van der Waals surface area contributed by atoms with Crippen LogP contribution in [0.5, 0.6) is 0 Å². The van der Waals surface area contributed by atoms with Gasteiger partial charge in [-0.1, -0.05) is 28.1 Å². The first-order chi connectivity index (χ1) is 10.2. The summed E-state index contributed by atoms with van der Waals surface area (Å²) in [6, 6.07) is 11.9. The monoisotopic (exact) mass is 347 g/mol. The number of benzene rings is 2. The van der Waals surface area contributed by atoms with Crippen molar-refractivity contribution in [3.8, 4) is 0 Å². The molecule has 1 N–H and O–H groups in total. The van der Waals surface area contributed by atoms with Crippen molar-refractivity contribution in [2.45, 2.75) is 12.8 Å². The lowest BCUT2D eigenvalue weighted by Crippen LogP contribution is -2.40. The third-order valence-corrected chi connectivity index (χ3v) is 4.61. The van der Waals surface area contributed by atoms with Gasteiger partial charge in [-0.05, 0) is 53.8 Å². The first-order valence-corrected chi connectivity index (χ1v) is 8.06. The first-order valence-electron chi connectivity index (χ1n) is 7.27. The van der Waals surface area contributed by atoms with Gasteiger partial charge in [-0.15, -0.1) is 0 Å². The lowest BCUT2D eigenvalue weighted by atomic mass is 9.98. The molecule has 3 rings (SSSR count). The highest BCUT2D eigenvalue weighted by molar-refractivity contribution is 9.10. The molecule has 0 radical (unpaired) electrons. The Morgan fingerprint density at radius 2 is 2.00 bits per heavy atom. The van der Waals surface area contributed by atoms with Gasteiger partial charge >= 0.3 is 0 Å². The number of carbonyl (C=O) groups is 1. The van der Waals surface area contributed by atoms with Gasteiger partial charge in [0.05, 0.1) is 0 Å². The van der Waals surface area contributed by atoms with Crippen molar-refractivity contribution >= 4 is 32.6 Å². The fraction of sp³-hybridized carbons (Fsp3) is 0.353. The highest BCUT2D eigenvalue weighted by atomic mass is 79.9. The lowest BCUT2D eigenvalue weighted by molar-refractivity contribution is 0.0621. The van der Waals surface area contributed by atoms with Gasteiger partial charge in [-0.3, -0.25) is 4.79 Å². The zero-order valence-electron chi connectivity index (χ0n) is 11.8. The number of hydrogen-bond acceptors (Lipinski definition) is 2. The Morgan fingerprint density at radius 3 is 2.81 bits per heavy atom. The lowest BCUT2D eigenvalue weighted by Gasteiger charge is -2.32. The summed E-state index contributed by atoms with van der Waals surface area (Å²) in [6.45, 7) is 1.61. The molecule has 2 aromatic carbocycles. The Balaban J connectivity index is 1.85. The van der Waals surface area contributed by atoms with Gasteiger partial charge in [-0.25, -0.2) is 0 Å². The molecule has 0 spiro atoms. The maximum absolute atomic E-state index is 12.6. The van der Waals surface area contributed by atoms with Crippen LogP contribution in [0.1, 0.15) is 23.2 Å². The minimum atomic E-state index is 0.0676. The van der Waals surface area contributed by atoms with E-state index in [0.29, 0.717) is 6.54 Å². The van der Waals surface area contributed by atoms with E-state index in [0.717, 1.165) is 40.2 Å². The Bertz CT molecular complexity index is 671. The number of hydrogen-bond donors (Lipinski definition) is 1. The number of aliphatic hydroxyl groups is 1. The molecular weight excluding hydrogens is 330 g/mol. The molecule has 1 aliphatic rings. The van der Waals surface area contributed by atoms with Crippen LogP contribution in [0.4, 0.5) is 0 Å². The number of fused-ring (bicyclic) bond motifs is 1. The fourth-order valence-electron chi connectivity index (χ4n) is 2.93. The maximum Gasteiger partial charge on any atom is 0.253 e.